The van der Waals surface area contributed by atoms with E-state index in [1.54, 1.807) is 32.0 Å². The highest BCUT2D eigenvalue weighted by Crippen LogP contribution is 2.22. The summed E-state index contributed by atoms with van der Waals surface area (Å²) in [6, 6.07) is 11.5. The molecule has 25 heavy (non-hydrogen) atoms. The van der Waals surface area contributed by atoms with Gasteiger partial charge in [-0.25, -0.2) is 13.2 Å². The first-order valence-corrected chi connectivity index (χ1v) is 9.63. The minimum Gasteiger partial charge on any atom is -0.423 e. The highest BCUT2D eigenvalue weighted by atomic mass is 32.2. The molecule has 0 aliphatic carbocycles. The van der Waals surface area contributed by atoms with Gasteiger partial charge in [-0.3, -0.25) is 0 Å². The molecule has 5 nitrogen and oxygen atoms in total. The van der Waals surface area contributed by atoms with Crippen LogP contribution in [0.4, 0.5) is 0 Å². The quantitative estimate of drug-likeness (QED) is 0.583. The van der Waals surface area contributed by atoms with Crippen LogP contribution >= 0.6 is 0 Å². The van der Waals surface area contributed by atoms with Gasteiger partial charge < -0.3 is 4.74 Å². The highest BCUT2D eigenvalue weighted by molar-refractivity contribution is 7.89. The summed E-state index contributed by atoms with van der Waals surface area (Å²) in [7, 11) is -3.62. The first-order chi connectivity index (χ1) is 11.8. The maximum Gasteiger partial charge on any atom is 0.343 e. The Balaban J connectivity index is 2.30. The molecule has 0 N–H and O–H groups in total. The van der Waals surface area contributed by atoms with Crippen LogP contribution in [0.15, 0.2) is 47.4 Å². The van der Waals surface area contributed by atoms with E-state index in [0.717, 1.165) is 11.1 Å². The standard InChI is InChI=1S/C19H23NO4S/c1-5-20(6-2)25(22,23)17-9-7-8-16(13-17)19(21)24-18-11-10-14(3)12-15(18)4/h7-13H,5-6H2,1-4H3. The molecule has 0 aromatic heterocycles. The van der Waals surface area contributed by atoms with Gasteiger partial charge in [-0.2, -0.15) is 4.31 Å². The van der Waals surface area contributed by atoms with Crippen molar-refractivity contribution in [1.29, 1.82) is 0 Å². The minimum atomic E-state index is -3.62. The summed E-state index contributed by atoms with van der Waals surface area (Å²) >= 11 is 0. The van der Waals surface area contributed by atoms with Crippen LogP contribution in [-0.2, 0) is 10.0 Å². The van der Waals surface area contributed by atoms with E-state index in [1.807, 2.05) is 26.0 Å². The fraction of sp³-hybridized carbons (Fsp3) is 0.316. The van der Waals surface area contributed by atoms with E-state index >= 15 is 0 Å². The molecule has 0 unspecified atom stereocenters. The molecule has 0 radical (unpaired) electrons. The molecule has 0 atom stereocenters. The molecule has 0 saturated carbocycles. The van der Waals surface area contributed by atoms with Gasteiger partial charge in [0.1, 0.15) is 5.75 Å². The molecule has 0 bridgehead atoms. The number of hydrogen-bond acceptors (Lipinski definition) is 4. The van der Waals surface area contributed by atoms with Crippen LogP contribution in [0.5, 0.6) is 5.75 Å². The molecule has 0 heterocycles. The van der Waals surface area contributed by atoms with E-state index in [9.17, 15) is 13.2 Å². The molecule has 0 aliphatic heterocycles. The zero-order chi connectivity index (χ0) is 18.6. The van der Waals surface area contributed by atoms with Gasteiger partial charge in [0.15, 0.2) is 0 Å². The van der Waals surface area contributed by atoms with Crippen molar-refractivity contribution in [3.8, 4) is 5.75 Å². The maximum atomic E-state index is 12.6. The van der Waals surface area contributed by atoms with Gasteiger partial charge >= 0.3 is 5.97 Å². The highest BCUT2D eigenvalue weighted by Gasteiger charge is 2.23. The largest absolute Gasteiger partial charge is 0.423 e. The van der Waals surface area contributed by atoms with E-state index in [-0.39, 0.29) is 10.5 Å². The summed E-state index contributed by atoms with van der Waals surface area (Å²) in [5, 5.41) is 0. The summed E-state index contributed by atoms with van der Waals surface area (Å²) in [6.45, 7) is 8.11. The van der Waals surface area contributed by atoms with Gasteiger partial charge in [0.25, 0.3) is 0 Å². The van der Waals surface area contributed by atoms with Crippen molar-refractivity contribution >= 4 is 16.0 Å². The minimum absolute atomic E-state index is 0.0891. The summed E-state index contributed by atoms with van der Waals surface area (Å²) in [6.07, 6.45) is 0. The second-order valence-electron chi connectivity index (χ2n) is 5.78. The number of carbonyl (C=O) groups is 1. The topological polar surface area (TPSA) is 63.7 Å². The van der Waals surface area contributed by atoms with Crippen LogP contribution in [0.3, 0.4) is 0 Å². The number of sulfonamides is 1. The number of esters is 1. The van der Waals surface area contributed by atoms with Crippen LogP contribution in [0.2, 0.25) is 0 Å². The van der Waals surface area contributed by atoms with Gasteiger partial charge in [-0.05, 0) is 43.7 Å². The van der Waals surface area contributed by atoms with Crippen molar-refractivity contribution in [3.05, 3.63) is 59.2 Å². The van der Waals surface area contributed by atoms with Crippen LogP contribution in [0.1, 0.15) is 35.3 Å². The van der Waals surface area contributed by atoms with Gasteiger partial charge in [0, 0.05) is 13.1 Å². The smallest absolute Gasteiger partial charge is 0.343 e. The number of benzene rings is 2. The number of rotatable bonds is 6. The Hall–Kier alpha value is -2.18. The van der Waals surface area contributed by atoms with Crippen molar-refractivity contribution in [2.75, 3.05) is 13.1 Å². The van der Waals surface area contributed by atoms with E-state index < -0.39 is 16.0 Å². The maximum absolute atomic E-state index is 12.6. The molecule has 2 aromatic carbocycles. The number of hydrogen-bond donors (Lipinski definition) is 0. The second-order valence-corrected chi connectivity index (χ2v) is 7.71. The van der Waals surface area contributed by atoms with Crippen molar-refractivity contribution in [2.45, 2.75) is 32.6 Å². The normalized spacial score (nSPS) is 11.6. The predicted octanol–water partition coefficient (Wildman–Crippen LogP) is 3.55. The number of carbonyl (C=O) groups excluding carboxylic acids is 1. The molecule has 0 saturated heterocycles. The lowest BCUT2D eigenvalue weighted by atomic mass is 10.1. The van der Waals surface area contributed by atoms with Gasteiger partial charge in [-0.1, -0.05) is 37.6 Å². The van der Waals surface area contributed by atoms with Crippen molar-refractivity contribution in [2.24, 2.45) is 0 Å². The molecule has 2 aromatic rings. The lowest BCUT2D eigenvalue weighted by molar-refractivity contribution is 0.0733. The Morgan fingerprint density at radius 3 is 2.32 bits per heavy atom. The molecule has 0 spiro atoms. The van der Waals surface area contributed by atoms with Crippen LogP contribution < -0.4 is 4.74 Å². The molecule has 2 rings (SSSR count). The molecular formula is C19H23NO4S. The number of nitrogens with zero attached hydrogens (tertiary/aromatic N) is 1. The van der Waals surface area contributed by atoms with E-state index in [0.29, 0.717) is 18.8 Å². The first kappa shape index (κ1) is 19.1. The Morgan fingerprint density at radius 1 is 1.04 bits per heavy atom. The SMILES string of the molecule is CCN(CC)S(=O)(=O)c1cccc(C(=O)Oc2ccc(C)cc2C)c1. The lowest BCUT2D eigenvalue weighted by Gasteiger charge is -2.18. The summed E-state index contributed by atoms with van der Waals surface area (Å²) in [4.78, 5) is 12.5. The van der Waals surface area contributed by atoms with Gasteiger partial charge in [-0.15, -0.1) is 0 Å². The fourth-order valence-corrected chi connectivity index (χ4v) is 4.07. The van der Waals surface area contributed by atoms with Gasteiger partial charge in [0.2, 0.25) is 10.0 Å². The van der Waals surface area contributed by atoms with Crippen LogP contribution in [-0.4, -0.2) is 31.8 Å². The van der Waals surface area contributed by atoms with E-state index in [1.165, 1.54) is 16.4 Å². The summed E-state index contributed by atoms with van der Waals surface area (Å²) < 4.78 is 32.0. The van der Waals surface area contributed by atoms with Crippen molar-refractivity contribution in [3.63, 3.8) is 0 Å². The summed E-state index contributed by atoms with van der Waals surface area (Å²) in [5.74, 6) is -0.115. The second kappa shape index (κ2) is 7.80. The summed E-state index contributed by atoms with van der Waals surface area (Å²) in [5.41, 5.74) is 2.12. The predicted molar refractivity (Wildman–Crippen MR) is 97.4 cm³/mol. The van der Waals surface area contributed by atoms with Crippen LogP contribution in [0.25, 0.3) is 0 Å². The Bertz CT molecular complexity index is 871. The number of ether oxygens (including phenoxy) is 1. The first-order valence-electron chi connectivity index (χ1n) is 8.19. The average molecular weight is 361 g/mol. The Labute approximate surface area is 149 Å². The molecule has 6 heteroatoms. The third-order valence-corrected chi connectivity index (χ3v) is 5.99. The van der Waals surface area contributed by atoms with Crippen molar-refractivity contribution < 1.29 is 17.9 Å². The molecule has 0 amide bonds. The van der Waals surface area contributed by atoms with Crippen LogP contribution in [0, 0.1) is 13.8 Å². The zero-order valence-corrected chi connectivity index (χ0v) is 15.8. The average Bonchev–Trinajstić information content (AvgIpc) is 2.58. The third-order valence-electron chi connectivity index (χ3n) is 3.95. The van der Waals surface area contributed by atoms with E-state index in [2.05, 4.69) is 0 Å². The molecule has 0 aliphatic rings. The Kier molecular flexibility index (Phi) is 5.98. The van der Waals surface area contributed by atoms with Gasteiger partial charge in [0.05, 0.1) is 10.5 Å². The lowest BCUT2D eigenvalue weighted by Crippen LogP contribution is -2.30. The fourth-order valence-electron chi connectivity index (χ4n) is 2.57. The third kappa shape index (κ3) is 4.27. The molecule has 134 valence electrons. The van der Waals surface area contributed by atoms with E-state index in [4.69, 9.17) is 4.74 Å². The zero-order valence-electron chi connectivity index (χ0n) is 14.9. The number of aryl methyl sites for hydroxylation is 2. The molecule has 0 fully saturated rings. The monoisotopic (exact) mass is 361 g/mol. The van der Waals surface area contributed by atoms with Crippen molar-refractivity contribution in [1.82, 2.24) is 4.31 Å². The molecular weight excluding hydrogens is 338 g/mol. The Morgan fingerprint density at radius 2 is 1.72 bits per heavy atom.